The van der Waals surface area contributed by atoms with Crippen LogP contribution < -0.4 is 14.8 Å². The fourth-order valence-electron chi connectivity index (χ4n) is 4.98. The Bertz CT molecular complexity index is 1320. The minimum atomic E-state index is -1.40. The lowest BCUT2D eigenvalue weighted by Gasteiger charge is -2.41. The third kappa shape index (κ3) is 9.41. The van der Waals surface area contributed by atoms with Gasteiger partial charge in [0.05, 0.1) is 20.6 Å². The maximum absolute atomic E-state index is 12.8. The van der Waals surface area contributed by atoms with E-state index in [1.807, 2.05) is 72.8 Å². The first kappa shape index (κ1) is 34.3. The van der Waals surface area contributed by atoms with Crippen LogP contribution in [0.15, 0.2) is 72.8 Å². The number of unbranched alkanes of at least 4 members (excludes halogenated alkanes) is 1. The third-order valence-corrected chi connectivity index (χ3v) is 7.29. The first-order valence-electron chi connectivity index (χ1n) is 15.1. The normalized spacial score (nSPS) is 11.5. The summed E-state index contributed by atoms with van der Waals surface area (Å²) in [7, 11) is 3.21. The van der Waals surface area contributed by atoms with Gasteiger partial charge in [-0.3, -0.25) is 9.59 Å². The van der Waals surface area contributed by atoms with Crippen molar-refractivity contribution < 1.29 is 33.3 Å². The minimum Gasteiger partial charge on any atom is -0.497 e. The molecule has 0 radical (unpaired) electrons. The fourth-order valence-corrected chi connectivity index (χ4v) is 4.98. The molecule has 3 rings (SSSR count). The van der Waals surface area contributed by atoms with E-state index >= 15 is 0 Å². The molecule has 0 saturated heterocycles. The molecule has 0 aliphatic heterocycles. The van der Waals surface area contributed by atoms with Gasteiger partial charge in [-0.2, -0.15) is 0 Å². The Morgan fingerprint density at radius 1 is 0.727 bits per heavy atom. The Morgan fingerprint density at radius 3 is 1.68 bits per heavy atom. The maximum Gasteiger partial charge on any atom is 0.308 e. The molecule has 8 nitrogen and oxygen atoms in total. The Hall–Kier alpha value is -4.17. The molecule has 0 aliphatic carbocycles. The standard InChI is InChI=1S/C36H45NO7/c1-7-8-25-37-33(39)23-12-27-10-13-28(14-11-27)36(29-15-19-31(41-5)20-16-29,30-17-21-32(42-6)22-18-30)44-35(3,4)43-34(40)24-9-26(2)38/h10-11,13-22H,7-9,12,23-25H2,1-6H3,(H,37,39). The van der Waals surface area contributed by atoms with E-state index in [0.717, 1.165) is 35.1 Å². The molecule has 1 amide bonds. The van der Waals surface area contributed by atoms with Crippen molar-refractivity contribution in [1.29, 1.82) is 0 Å². The molecule has 3 aromatic carbocycles. The highest BCUT2D eigenvalue weighted by atomic mass is 16.7. The van der Waals surface area contributed by atoms with Gasteiger partial charge >= 0.3 is 5.97 Å². The number of methoxy groups -OCH3 is 2. The number of hydrogen-bond donors (Lipinski definition) is 1. The van der Waals surface area contributed by atoms with Crippen LogP contribution in [-0.4, -0.2) is 44.2 Å². The van der Waals surface area contributed by atoms with Crippen LogP contribution in [0.5, 0.6) is 11.5 Å². The number of ketones is 1. The minimum absolute atomic E-state index is 0.0324. The quantitative estimate of drug-likeness (QED) is 0.0813. The molecule has 3 aromatic rings. The predicted octanol–water partition coefficient (Wildman–Crippen LogP) is 6.51. The zero-order valence-electron chi connectivity index (χ0n) is 26.7. The summed E-state index contributed by atoms with van der Waals surface area (Å²) in [5.74, 6) is -0.630. The van der Waals surface area contributed by atoms with Crippen molar-refractivity contribution in [2.24, 2.45) is 0 Å². The molecule has 0 aliphatic rings. The number of carbonyl (C=O) groups is 3. The number of benzene rings is 3. The van der Waals surface area contributed by atoms with E-state index in [4.69, 9.17) is 18.9 Å². The topological polar surface area (TPSA) is 100 Å². The summed E-state index contributed by atoms with van der Waals surface area (Å²) in [6.07, 6.45) is 3.03. The molecular formula is C36H45NO7. The van der Waals surface area contributed by atoms with Crippen LogP contribution >= 0.6 is 0 Å². The van der Waals surface area contributed by atoms with E-state index in [9.17, 15) is 14.4 Å². The number of ether oxygens (including phenoxy) is 4. The summed E-state index contributed by atoms with van der Waals surface area (Å²) < 4.78 is 23.6. The van der Waals surface area contributed by atoms with Crippen LogP contribution in [0.1, 0.15) is 82.1 Å². The van der Waals surface area contributed by atoms with Gasteiger partial charge in [0, 0.05) is 33.2 Å². The number of aryl methyl sites for hydroxylation is 1. The van der Waals surface area contributed by atoms with Gasteiger partial charge in [-0.1, -0.05) is 61.9 Å². The lowest BCUT2D eigenvalue weighted by molar-refractivity contribution is -0.246. The fraction of sp³-hybridized carbons (Fsp3) is 0.417. The SMILES string of the molecule is CCCCNC(=O)CCc1ccc(C(OC(C)(C)OC(=O)CCC(C)=O)(c2ccc(OC)cc2)c2ccc(OC)cc2)cc1. The second-order valence-corrected chi connectivity index (χ2v) is 11.2. The zero-order valence-corrected chi connectivity index (χ0v) is 26.7. The summed E-state index contributed by atoms with van der Waals surface area (Å²) in [5.41, 5.74) is 2.11. The van der Waals surface area contributed by atoms with Crippen molar-refractivity contribution in [2.75, 3.05) is 20.8 Å². The summed E-state index contributed by atoms with van der Waals surface area (Å²) >= 11 is 0. The number of amides is 1. The summed E-state index contributed by atoms with van der Waals surface area (Å²) in [6, 6.07) is 23.1. The van der Waals surface area contributed by atoms with Crippen molar-refractivity contribution in [1.82, 2.24) is 5.32 Å². The van der Waals surface area contributed by atoms with E-state index in [0.29, 0.717) is 30.9 Å². The first-order valence-corrected chi connectivity index (χ1v) is 15.1. The second kappa shape index (κ2) is 16.1. The Labute approximate surface area is 261 Å². The van der Waals surface area contributed by atoms with Crippen LogP contribution in [0.4, 0.5) is 0 Å². The average Bonchev–Trinajstić information content (AvgIpc) is 3.02. The van der Waals surface area contributed by atoms with Gasteiger partial charge in [0.1, 0.15) is 22.9 Å². The summed E-state index contributed by atoms with van der Waals surface area (Å²) in [5, 5.41) is 2.97. The number of hydrogen-bond acceptors (Lipinski definition) is 7. The van der Waals surface area contributed by atoms with E-state index in [1.54, 1.807) is 28.1 Å². The summed E-state index contributed by atoms with van der Waals surface area (Å²) in [6.45, 7) is 7.59. The molecule has 0 aromatic heterocycles. The number of carbonyl (C=O) groups excluding carboxylic acids is 3. The van der Waals surface area contributed by atoms with Crippen LogP contribution in [0, 0.1) is 0 Å². The second-order valence-electron chi connectivity index (χ2n) is 11.2. The molecule has 0 bridgehead atoms. The Balaban J connectivity index is 2.08. The molecule has 0 heterocycles. The van der Waals surface area contributed by atoms with Gasteiger partial charge in [0.2, 0.25) is 11.7 Å². The van der Waals surface area contributed by atoms with Gasteiger partial charge in [-0.15, -0.1) is 0 Å². The monoisotopic (exact) mass is 603 g/mol. The molecule has 236 valence electrons. The molecule has 0 unspecified atom stereocenters. The highest BCUT2D eigenvalue weighted by Gasteiger charge is 2.44. The van der Waals surface area contributed by atoms with Gasteiger partial charge in [0.25, 0.3) is 0 Å². The Morgan fingerprint density at radius 2 is 1.23 bits per heavy atom. The lowest BCUT2D eigenvalue weighted by atomic mass is 9.79. The van der Waals surface area contributed by atoms with Gasteiger partial charge in [-0.05, 0) is 66.3 Å². The molecule has 8 heteroatoms. The molecule has 0 fully saturated rings. The first-order chi connectivity index (χ1) is 21.0. The molecule has 0 atom stereocenters. The number of Topliss-reactive ketones (excluding diaryl/α,β-unsaturated/α-hetero) is 1. The Kier molecular flexibility index (Phi) is 12.5. The highest BCUT2D eigenvalue weighted by Crippen LogP contribution is 2.44. The van der Waals surface area contributed by atoms with Gasteiger partial charge in [0.15, 0.2) is 0 Å². The summed E-state index contributed by atoms with van der Waals surface area (Å²) in [4.78, 5) is 36.6. The molecule has 44 heavy (non-hydrogen) atoms. The molecule has 0 saturated carbocycles. The van der Waals surface area contributed by atoms with Crippen molar-refractivity contribution in [3.05, 3.63) is 95.1 Å². The van der Waals surface area contributed by atoms with Crippen molar-refractivity contribution in [2.45, 2.75) is 77.6 Å². The molecule has 1 N–H and O–H groups in total. The van der Waals surface area contributed by atoms with Crippen LogP contribution in [0.25, 0.3) is 0 Å². The van der Waals surface area contributed by atoms with E-state index < -0.39 is 17.4 Å². The number of rotatable bonds is 17. The van der Waals surface area contributed by atoms with E-state index in [2.05, 4.69) is 12.2 Å². The lowest BCUT2D eigenvalue weighted by Crippen LogP contribution is -2.44. The molecule has 0 spiro atoms. The predicted molar refractivity (Wildman–Crippen MR) is 170 cm³/mol. The average molecular weight is 604 g/mol. The molecular weight excluding hydrogens is 558 g/mol. The van der Waals surface area contributed by atoms with E-state index in [1.165, 1.54) is 6.92 Å². The largest absolute Gasteiger partial charge is 0.497 e. The van der Waals surface area contributed by atoms with Gasteiger partial charge < -0.3 is 29.1 Å². The highest BCUT2D eigenvalue weighted by molar-refractivity contribution is 5.81. The van der Waals surface area contributed by atoms with Crippen LogP contribution in [-0.2, 0) is 35.9 Å². The maximum atomic E-state index is 12.8. The third-order valence-electron chi connectivity index (χ3n) is 7.29. The smallest absolute Gasteiger partial charge is 0.308 e. The van der Waals surface area contributed by atoms with E-state index in [-0.39, 0.29) is 24.5 Å². The zero-order chi connectivity index (χ0) is 32.2. The number of nitrogens with one attached hydrogen (secondary N) is 1. The number of esters is 1. The van der Waals surface area contributed by atoms with Crippen molar-refractivity contribution in [3.63, 3.8) is 0 Å². The van der Waals surface area contributed by atoms with Crippen LogP contribution in [0.2, 0.25) is 0 Å². The van der Waals surface area contributed by atoms with Gasteiger partial charge in [-0.25, -0.2) is 0 Å². The van der Waals surface area contributed by atoms with Crippen molar-refractivity contribution >= 4 is 17.7 Å². The van der Waals surface area contributed by atoms with Crippen LogP contribution in [0.3, 0.4) is 0 Å². The van der Waals surface area contributed by atoms with Crippen molar-refractivity contribution in [3.8, 4) is 11.5 Å².